The molecule has 0 spiro atoms. The molecule has 190 valence electrons. The zero-order valence-corrected chi connectivity index (χ0v) is 19.9. The molecule has 2 atom stereocenters. The van der Waals surface area contributed by atoms with E-state index >= 15 is 0 Å². The van der Waals surface area contributed by atoms with Crippen molar-refractivity contribution >= 4 is 28.7 Å². The van der Waals surface area contributed by atoms with E-state index in [0.717, 1.165) is 4.90 Å². The normalized spacial score (nSPS) is 19.0. The number of nitrogens with zero attached hydrogens (tertiary/aromatic N) is 4. The van der Waals surface area contributed by atoms with Gasteiger partial charge in [0.15, 0.2) is 0 Å². The molecule has 1 N–H and O–H groups in total. The highest BCUT2D eigenvalue weighted by Gasteiger charge is 2.45. The number of benzene rings is 2. The highest BCUT2D eigenvalue weighted by molar-refractivity contribution is 5.98. The molecular weight excluding hydrogens is 492 g/mol. The summed E-state index contributed by atoms with van der Waals surface area (Å²) in [4.78, 5) is 34.4. The second-order valence-corrected chi connectivity index (χ2v) is 8.95. The van der Waals surface area contributed by atoms with E-state index in [2.05, 4.69) is 27.1 Å². The van der Waals surface area contributed by atoms with E-state index < -0.39 is 31.6 Å². The summed E-state index contributed by atoms with van der Waals surface area (Å²) in [6.45, 7) is -4.56. The molecule has 2 aliphatic rings. The first kappa shape index (κ1) is 20.3. The molecule has 6 rings (SSSR count). The Hall–Kier alpha value is -4.78. The molecule has 0 saturated carbocycles. The van der Waals surface area contributed by atoms with Crippen LogP contribution in [0.2, 0.25) is 0 Å². The van der Waals surface area contributed by atoms with Crippen molar-refractivity contribution in [2.75, 3.05) is 12.3 Å². The van der Waals surface area contributed by atoms with Gasteiger partial charge in [-0.15, -0.1) is 0 Å². The molecule has 4 aromatic rings. The first-order chi connectivity index (χ1) is 19.5. The number of imidazole rings is 1. The Kier molecular flexibility index (Phi) is 4.78. The Labute approximate surface area is 220 Å². The molecule has 0 aliphatic carbocycles. The van der Waals surface area contributed by atoms with E-state index in [1.807, 2.05) is 0 Å². The van der Waals surface area contributed by atoms with Gasteiger partial charge in [-0.25, -0.2) is 9.97 Å². The monoisotopic (exact) mass is 516 g/mol. The summed E-state index contributed by atoms with van der Waals surface area (Å²) in [5.74, 6) is 5.60. The van der Waals surface area contributed by atoms with Crippen molar-refractivity contribution in [3.63, 3.8) is 0 Å². The van der Waals surface area contributed by atoms with Gasteiger partial charge in [-0.3, -0.25) is 9.59 Å². The third-order valence-electron chi connectivity index (χ3n) is 6.57. The molecule has 2 amide bonds. The summed E-state index contributed by atoms with van der Waals surface area (Å²) in [7, 11) is 0. The van der Waals surface area contributed by atoms with Crippen molar-refractivity contribution in [2.24, 2.45) is 0 Å². The highest BCUT2D eigenvalue weighted by atomic mass is 19.3. The van der Waals surface area contributed by atoms with Gasteiger partial charge in [0.25, 0.3) is 5.91 Å². The number of aromatic nitrogens is 3. The van der Waals surface area contributed by atoms with Gasteiger partial charge >= 0.3 is 6.61 Å². The van der Waals surface area contributed by atoms with Crippen LogP contribution in [0.5, 0.6) is 5.75 Å². The van der Waals surface area contributed by atoms with Crippen LogP contribution in [-0.4, -0.2) is 44.8 Å². The molecule has 0 unspecified atom stereocenters. The summed E-state index contributed by atoms with van der Waals surface area (Å²) in [5.41, 5.74) is 2.55. The Bertz CT molecular complexity index is 1780. The molecule has 8 nitrogen and oxygen atoms in total. The number of hydrogen-bond acceptors (Lipinski definition) is 5. The first-order valence-corrected chi connectivity index (χ1v) is 11.7. The number of carbonyl (C=O) groups is 2. The molecule has 2 aromatic heterocycles. The van der Waals surface area contributed by atoms with Crippen LogP contribution in [0.3, 0.4) is 0 Å². The Morgan fingerprint density at radius 3 is 2.74 bits per heavy atom. The van der Waals surface area contributed by atoms with Crippen molar-refractivity contribution in [1.82, 2.24) is 19.4 Å². The zero-order valence-electron chi connectivity index (χ0n) is 22.9. The average molecular weight is 517 g/mol. The van der Waals surface area contributed by atoms with Gasteiger partial charge in [-0.1, -0.05) is 17.9 Å². The van der Waals surface area contributed by atoms with Crippen LogP contribution in [0.25, 0.3) is 11.0 Å². The summed E-state index contributed by atoms with van der Waals surface area (Å²) in [5, 5.41) is 2.59. The quantitative estimate of drug-likeness (QED) is 0.405. The topological polar surface area (TPSA) is 89.3 Å². The van der Waals surface area contributed by atoms with Crippen LogP contribution in [0.1, 0.15) is 62.4 Å². The van der Waals surface area contributed by atoms with Crippen LogP contribution >= 0.6 is 0 Å². The van der Waals surface area contributed by atoms with Gasteiger partial charge in [0.05, 0.1) is 23.1 Å². The van der Waals surface area contributed by atoms with Crippen molar-refractivity contribution < 1.29 is 27.2 Å². The van der Waals surface area contributed by atoms with Crippen molar-refractivity contribution in [2.45, 2.75) is 32.0 Å². The van der Waals surface area contributed by atoms with Crippen molar-refractivity contribution in [3.05, 3.63) is 82.8 Å². The minimum absolute atomic E-state index is 0.00886. The first-order valence-electron chi connectivity index (χ1n) is 13.2. The van der Waals surface area contributed by atoms with E-state index in [4.69, 9.17) is 8.85 Å². The number of rotatable bonds is 3. The number of pyridine rings is 1. The third kappa shape index (κ3) is 3.93. The van der Waals surface area contributed by atoms with E-state index in [1.165, 1.54) is 31.3 Å². The van der Waals surface area contributed by atoms with Gasteiger partial charge in [-0.05, 0) is 42.5 Å². The minimum Gasteiger partial charge on any atom is -0.434 e. The largest absolute Gasteiger partial charge is 0.434 e. The fourth-order valence-corrected chi connectivity index (χ4v) is 5.05. The molecule has 0 saturated heterocycles. The Morgan fingerprint density at radius 1 is 1.18 bits per heavy atom. The van der Waals surface area contributed by atoms with Crippen molar-refractivity contribution in [1.29, 1.82) is 0 Å². The summed E-state index contributed by atoms with van der Waals surface area (Å²) < 4.78 is 57.7. The summed E-state index contributed by atoms with van der Waals surface area (Å²) >= 11 is 0. The fourth-order valence-electron chi connectivity index (χ4n) is 5.05. The number of hydrogen-bond donors (Lipinski definition) is 1. The molecular formula is C28H21F2N5O3. The van der Waals surface area contributed by atoms with Gasteiger partial charge in [0.1, 0.15) is 17.4 Å². The second kappa shape index (κ2) is 8.95. The van der Waals surface area contributed by atoms with Crippen LogP contribution in [-0.2, 0) is 4.79 Å². The van der Waals surface area contributed by atoms with Gasteiger partial charge < -0.3 is 19.5 Å². The second-order valence-electron chi connectivity index (χ2n) is 8.95. The van der Waals surface area contributed by atoms with E-state index in [0.29, 0.717) is 33.8 Å². The molecule has 4 heterocycles. The lowest BCUT2D eigenvalue weighted by Gasteiger charge is -2.24. The molecule has 10 heteroatoms. The predicted octanol–water partition coefficient (Wildman–Crippen LogP) is 4.51. The molecule has 0 fully saturated rings. The molecule has 2 aliphatic heterocycles. The van der Waals surface area contributed by atoms with E-state index in [-0.39, 0.29) is 29.2 Å². The van der Waals surface area contributed by atoms with E-state index in [9.17, 15) is 18.4 Å². The minimum atomic E-state index is -3.14. The molecule has 2 aromatic carbocycles. The number of anilines is 1. The van der Waals surface area contributed by atoms with Gasteiger partial charge in [-0.2, -0.15) is 8.78 Å². The number of ether oxygens (including phenoxy) is 1. The maximum Gasteiger partial charge on any atom is 0.387 e. The molecule has 2 bridgehead atoms. The maximum absolute atomic E-state index is 13.5. The third-order valence-corrected chi connectivity index (χ3v) is 6.57. The van der Waals surface area contributed by atoms with Gasteiger partial charge in [0.2, 0.25) is 5.91 Å². The Balaban J connectivity index is 1.47. The number of amides is 2. The number of alkyl halides is 2. The SMILES string of the molecule is [2H]C([2H])([2H])N1C(=O)c2cccc(OC(F)F)c2[C@H]2C[C@@H]1c1nc3ccc(C#Cc4ccc(NC(C)=O)nc4)cc3n12. The van der Waals surface area contributed by atoms with Crippen LogP contribution in [0, 0.1) is 11.8 Å². The number of nitrogens with one attached hydrogen (secondary N) is 1. The van der Waals surface area contributed by atoms with Crippen LogP contribution < -0.4 is 10.1 Å². The smallest absolute Gasteiger partial charge is 0.387 e. The molecule has 0 radical (unpaired) electrons. The average Bonchev–Trinajstić information content (AvgIpc) is 3.40. The van der Waals surface area contributed by atoms with Crippen LogP contribution in [0.4, 0.5) is 14.6 Å². The van der Waals surface area contributed by atoms with Gasteiger partial charge in [0, 0.05) is 52.9 Å². The number of carbonyl (C=O) groups excluding carboxylic acids is 2. The lowest BCUT2D eigenvalue weighted by molar-refractivity contribution is -0.114. The zero-order chi connectivity index (χ0) is 29.1. The fraction of sp³-hybridized carbons (Fsp3) is 0.214. The molecule has 38 heavy (non-hydrogen) atoms. The lowest BCUT2D eigenvalue weighted by atomic mass is 9.97. The van der Waals surface area contributed by atoms with Crippen molar-refractivity contribution in [3.8, 4) is 17.6 Å². The standard InChI is InChI=1S/C28H21F2N5O3/c1-15(36)32-24-11-9-17(14-31-24)7-6-16-8-10-19-20(12-16)35-21-13-22(26(35)33-19)34(2)27(37)18-4-3-5-23(25(18)21)38-28(29)30/h3-5,8-12,14,21-22,28H,13H2,1-2H3,(H,31,32,36)/t21-,22-/m1/s1/i2D3. The maximum atomic E-state index is 13.5. The van der Waals surface area contributed by atoms with E-state index in [1.54, 1.807) is 34.9 Å². The summed E-state index contributed by atoms with van der Waals surface area (Å²) in [6, 6.07) is 11.2. The summed E-state index contributed by atoms with van der Waals surface area (Å²) in [6.07, 6.45) is 1.66. The van der Waals surface area contributed by atoms with Crippen LogP contribution in [0.15, 0.2) is 54.7 Å². The number of halogens is 2. The number of fused-ring (bicyclic) bond motifs is 9. The predicted molar refractivity (Wildman–Crippen MR) is 135 cm³/mol. The Morgan fingerprint density at radius 2 is 2.00 bits per heavy atom. The lowest BCUT2D eigenvalue weighted by Crippen LogP contribution is -2.30. The highest BCUT2D eigenvalue weighted by Crippen LogP contribution is 2.49.